The molecule has 5 atom stereocenters. The third-order valence-electron chi connectivity index (χ3n) is 5.74. The Labute approximate surface area is 181 Å². The van der Waals surface area contributed by atoms with Crippen LogP contribution in [0.15, 0.2) is 35.9 Å². The first-order chi connectivity index (χ1) is 13.9. The van der Waals surface area contributed by atoms with Crippen molar-refractivity contribution in [2.24, 2.45) is 11.8 Å². The van der Waals surface area contributed by atoms with Gasteiger partial charge in [0.2, 0.25) is 0 Å². The third-order valence-corrected chi connectivity index (χ3v) is 7.51. The van der Waals surface area contributed by atoms with Crippen LogP contribution in [-0.2, 0) is 4.79 Å². The molecule has 7 heteroatoms. The van der Waals surface area contributed by atoms with Crippen molar-refractivity contribution < 1.29 is 24.9 Å². The predicted molar refractivity (Wildman–Crippen MR) is 115 cm³/mol. The summed E-state index contributed by atoms with van der Waals surface area (Å²) in [6.07, 6.45) is 6.66. The maximum absolute atomic E-state index is 10.6. The zero-order chi connectivity index (χ0) is 20.8. The number of unbranched alkanes of at least 4 members (excludes halogenated alkanes) is 1. The van der Waals surface area contributed by atoms with Crippen molar-refractivity contribution in [3.05, 3.63) is 40.9 Å². The molecule has 5 nitrogen and oxygen atoms in total. The van der Waals surface area contributed by atoms with Gasteiger partial charge >= 0.3 is 5.97 Å². The van der Waals surface area contributed by atoms with Gasteiger partial charge in [-0.3, -0.25) is 4.79 Å². The number of aliphatic hydroxyl groups excluding tert-OH is 2. The first-order valence-corrected chi connectivity index (χ1v) is 11.5. The molecule has 2 aliphatic carbocycles. The lowest BCUT2D eigenvalue weighted by Crippen LogP contribution is -2.25. The lowest BCUT2D eigenvalue weighted by molar-refractivity contribution is -0.137. The highest BCUT2D eigenvalue weighted by Gasteiger charge is 2.47. The molecular weight excluding hydrogens is 412 g/mol. The van der Waals surface area contributed by atoms with E-state index in [1.807, 2.05) is 12.1 Å². The smallest absolute Gasteiger partial charge is 0.303 e. The van der Waals surface area contributed by atoms with E-state index in [0.717, 1.165) is 25.7 Å². The van der Waals surface area contributed by atoms with Gasteiger partial charge in [-0.15, -0.1) is 11.8 Å². The summed E-state index contributed by atoms with van der Waals surface area (Å²) in [7, 11) is 0. The molecule has 0 saturated heterocycles. The number of aliphatic carboxylic acids is 1. The highest BCUT2D eigenvalue weighted by molar-refractivity contribution is 8.00. The molecule has 2 saturated carbocycles. The number of allylic oxidation sites excluding steroid dienone is 2. The van der Waals surface area contributed by atoms with Gasteiger partial charge in [0.25, 0.3) is 0 Å². The van der Waals surface area contributed by atoms with Gasteiger partial charge in [-0.1, -0.05) is 29.3 Å². The van der Waals surface area contributed by atoms with Gasteiger partial charge in [0.1, 0.15) is 11.2 Å². The van der Waals surface area contributed by atoms with Gasteiger partial charge < -0.3 is 20.1 Å². The van der Waals surface area contributed by atoms with Crippen molar-refractivity contribution in [3.8, 4) is 5.75 Å². The quantitative estimate of drug-likeness (QED) is 0.282. The molecule has 0 radical (unpaired) electrons. The molecule has 2 fully saturated rings. The summed E-state index contributed by atoms with van der Waals surface area (Å²) in [5, 5.41) is 30.3. The number of hydrogen-bond acceptors (Lipinski definition) is 5. The highest BCUT2D eigenvalue weighted by Crippen LogP contribution is 2.51. The number of benzene rings is 1. The van der Waals surface area contributed by atoms with Crippen LogP contribution in [0.2, 0.25) is 5.02 Å². The summed E-state index contributed by atoms with van der Waals surface area (Å²) >= 11 is 7.40. The number of carboxylic acid groups (broad SMARTS) is 1. The van der Waals surface area contributed by atoms with Crippen LogP contribution in [0.5, 0.6) is 5.75 Å². The van der Waals surface area contributed by atoms with Gasteiger partial charge in [0.05, 0.1) is 12.7 Å². The summed E-state index contributed by atoms with van der Waals surface area (Å²) in [4.78, 5) is 10.6. The number of hydrogen-bond donors (Lipinski definition) is 3. The molecule has 0 heterocycles. The van der Waals surface area contributed by atoms with Crippen LogP contribution >= 0.6 is 23.4 Å². The van der Waals surface area contributed by atoms with Crippen molar-refractivity contribution in [1.29, 1.82) is 0 Å². The van der Waals surface area contributed by atoms with E-state index < -0.39 is 11.4 Å². The SMILES string of the molecule is O=C(O)CCC/C=C1\CC2C[C@@H](O)[C@@H](SC(O)CCOc3cccc(Cl)c3)C2C1. The van der Waals surface area contributed by atoms with E-state index in [-0.39, 0.29) is 17.8 Å². The summed E-state index contributed by atoms with van der Waals surface area (Å²) < 4.78 is 5.65. The minimum Gasteiger partial charge on any atom is -0.493 e. The molecule has 0 amide bonds. The Balaban J connectivity index is 1.43. The van der Waals surface area contributed by atoms with Crippen LogP contribution in [0, 0.1) is 11.8 Å². The molecular formula is C22H29ClO5S. The summed E-state index contributed by atoms with van der Waals surface area (Å²) in [6, 6.07) is 7.19. The Morgan fingerprint density at radius 3 is 2.97 bits per heavy atom. The van der Waals surface area contributed by atoms with Crippen LogP contribution in [-0.4, -0.2) is 44.7 Å². The minimum atomic E-state index is -0.750. The second-order valence-electron chi connectivity index (χ2n) is 7.93. The zero-order valence-electron chi connectivity index (χ0n) is 16.4. The van der Waals surface area contributed by atoms with Gasteiger partial charge in [-0.05, 0) is 62.1 Å². The van der Waals surface area contributed by atoms with Crippen LogP contribution in [0.25, 0.3) is 0 Å². The number of ether oxygens (including phenoxy) is 1. The van der Waals surface area contributed by atoms with Crippen LogP contribution < -0.4 is 4.74 Å². The fourth-order valence-electron chi connectivity index (χ4n) is 4.41. The molecule has 1 aromatic carbocycles. The fraction of sp³-hybridized carbons (Fsp3) is 0.591. The van der Waals surface area contributed by atoms with Gasteiger partial charge in [0.15, 0.2) is 0 Å². The summed E-state index contributed by atoms with van der Waals surface area (Å²) in [5.41, 5.74) is 0.790. The van der Waals surface area contributed by atoms with E-state index in [0.29, 0.717) is 42.1 Å². The standard InChI is InChI=1S/C22H29ClO5S/c23-16-5-3-6-17(13-16)28-9-8-21(27)29-22-18-11-14(4-1-2-7-20(25)26)10-15(18)12-19(22)24/h3-6,13,15,18-19,21-22,24,27H,1-2,7-12H2,(H,25,26)/b14-4+/t15?,18?,19-,21?,22+/m1/s1. The number of halogens is 1. The van der Waals surface area contributed by atoms with Crippen LogP contribution in [0.3, 0.4) is 0 Å². The van der Waals surface area contributed by atoms with Gasteiger partial charge in [0, 0.05) is 23.1 Å². The second-order valence-corrected chi connectivity index (χ2v) is 9.73. The molecule has 0 aliphatic heterocycles. The Morgan fingerprint density at radius 2 is 2.21 bits per heavy atom. The van der Waals surface area contributed by atoms with Crippen molar-refractivity contribution >= 4 is 29.3 Å². The number of thioether (sulfide) groups is 1. The molecule has 1 aromatic rings. The van der Waals surface area contributed by atoms with Gasteiger partial charge in [-0.2, -0.15) is 0 Å². The number of rotatable bonds is 10. The Hall–Kier alpha value is -1.21. The average Bonchev–Trinajstić information content (AvgIpc) is 3.17. The Kier molecular flexibility index (Phi) is 8.30. The molecule has 3 N–H and O–H groups in total. The molecule has 0 aromatic heterocycles. The molecule has 0 spiro atoms. The first kappa shape index (κ1) is 22.5. The lowest BCUT2D eigenvalue weighted by atomic mass is 10.0. The maximum atomic E-state index is 10.6. The molecule has 29 heavy (non-hydrogen) atoms. The van der Waals surface area contributed by atoms with E-state index in [1.54, 1.807) is 12.1 Å². The second kappa shape index (κ2) is 10.7. The molecule has 3 rings (SSSR count). The molecule has 2 aliphatic rings. The fourth-order valence-corrected chi connectivity index (χ4v) is 6.00. The average molecular weight is 441 g/mol. The number of carboxylic acids is 1. The van der Waals surface area contributed by atoms with Crippen molar-refractivity contribution in [2.75, 3.05) is 6.61 Å². The largest absolute Gasteiger partial charge is 0.493 e. The highest BCUT2D eigenvalue weighted by atomic mass is 35.5. The van der Waals surface area contributed by atoms with Gasteiger partial charge in [-0.25, -0.2) is 0 Å². The van der Waals surface area contributed by atoms with E-state index in [9.17, 15) is 15.0 Å². The predicted octanol–water partition coefficient (Wildman–Crippen LogP) is 4.50. The summed E-state index contributed by atoms with van der Waals surface area (Å²) in [6.45, 7) is 0.389. The molecule has 3 unspecified atom stereocenters. The van der Waals surface area contributed by atoms with Crippen molar-refractivity contribution in [1.82, 2.24) is 0 Å². The molecule has 160 valence electrons. The topological polar surface area (TPSA) is 87.0 Å². The van der Waals surface area contributed by atoms with E-state index in [1.165, 1.54) is 17.3 Å². The van der Waals surface area contributed by atoms with Crippen LogP contribution in [0.4, 0.5) is 0 Å². The van der Waals surface area contributed by atoms with E-state index >= 15 is 0 Å². The lowest BCUT2D eigenvalue weighted by Gasteiger charge is -2.23. The van der Waals surface area contributed by atoms with Crippen molar-refractivity contribution in [3.63, 3.8) is 0 Å². The third kappa shape index (κ3) is 6.64. The number of carbonyl (C=O) groups is 1. The minimum absolute atomic E-state index is 0.0334. The first-order valence-electron chi connectivity index (χ1n) is 10.2. The summed E-state index contributed by atoms with van der Waals surface area (Å²) in [5.74, 6) is 0.774. The van der Waals surface area contributed by atoms with E-state index in [2.05, 4.69) is 6.08 Å². The normalized spacial score (nSPS) is 28.4. The Morgan fingerprint density at radius 1 is 1.38 bits per heavy atom. The van der Waals surface area contributed by atoms with Crippen LogP contribution in [0.1, 0.15) is 44.9 Å². The molecule has 0 bridgehead atoms. The maximum Gasteiger partial charge on any atom is 0.303 e. The van der Waals surface area contributed by atoms with E-state index in [4.69, 9.17) is 21.4 Å². The monoisotopic (exact) mass is 440 g/mol. The zero-order valence-corrected chi connectivity index (χ0v) is 17.9. The number of fused-ring (bicyclic) bond motifs is 1. The Bertz CT molecular complexity index is 725. The van der Waals surface area contributed by atoms with Crippen molar-refractivity contribution in [2.45, 2.75) is 61.7 Å². The number of aliphatic hydroxyl groups is 2.